The van der Waals surface area contributed by atoms with Crippen molar-refractivity contribution >= 4 is 60.4 Å². The third kappa shape index (κ3) is 7.70. The molecular weight excluding hydrogens is 624 g/mol. The molecule has 42 heavy (non-hydrogen) atoms. The number of halogens is 1. The molecule has 0 spiro atoms. The molecule has 12 nitrogen and oxygen atoms in total. The molecule has 1 aliphatic rings. The lowest BCUT2D eigenvalue weighted by atomic mass is 10.1. The van der Waals surface area contributed by atoms with Crippen molar-refractivity contribution in [1.29, 1.82) is 0 Å². The molecule has 0 saturated carbocycles. The van der Waals surface area contributed by atoms with E-state index in [0.29, 0.717) is 22.5 Å². The smallest absolute Gasteiger partial charge is 0.391 e. The number of hydrogen-bond acceptors (Lipinski definition) is 10. The van der Waals surface area contributed by atoms with Crippen LogP contribution in [0.25, 0.3) is 22.2 Å². The average molecular weight is 656 g/mol. The molecule has 1 aliphatic heterocycles. The number of nitrogens with zero attached hydrogens (tertiary/aromatic N) is 5. The highest BCUT2D eigenvalue weighted by Gasteiger charge is 2.18. The van der Waals surface area contributed by atoms with E-state index in [0.717, 1.165) is 48.2 Å². The van der Waals surface area contributed by atoms with Crippen LogP contribution in [0.5, 0.6) is 5.88 Å². The first kappa shape index (κ1) is 29.6. The molecule has 0 bridgehead atoms. The maximum atomic E-state index is 12.6. The number of likely N-dealkylation sites (N-methyl/N-ethyl adjacent to an activating group) is 1. The summed E-state index contributed by atoms with van der Waals surface area (Å²) < 4.78 is 31.2. The van der Waals surface area contributed by atoms with Gasteiger partial charge in [0, 0.05) is 77.8 Å². The van der Waals surface area contributed by atoms with Crippen molar-refractivity contribution in [3.8, 4) is 17.0 Å². The molecule has 1 saturated heterocycles. The number of aromatic nitrogens is 3. The van der Waals surface area contributed by atoms with Gasteiger partial charge in [0.1, 0.15) is 0 Å². The minimum atomic E-state index is -3.37. The van der Waals surface area contributed by atoms with Crippen LogP contribution in [0.15, 0.2) is 65.3 Å². The summed E-state index contributed by atoms with van der Waals surface area (Å²) in [6, 6.07) is 17.4. The molecule has 5 rings (SSSR count). The van der Waals surface area contributed by atoms with Gasteiger partial charge < -0.3 is 25.2 Å². The molecule has 0 radical (unpaired) electrons. The number of rotatable bonds is 9. The normalized spacial score (nSPS) is 14.1. The molecular formula is C28H31BrN8O4S. The van der Waals surface area contributed by atoms with Gasteiger partial charge in [0.15, 0.2) is 5.65 Å². The van der Waals surface area contributed by atoms with Gasteiger partial charge in [0.05, 0.1) is 6.26 Å². The molecule has 3 N–H and O–H groups in total. The van der Waals surface area contributed by atoms with Crippen molar-refractivity contribution in [2.75, 3.05) is 62.8 Å². The van der Waals surface area contributed by atoms with Gasteiger partial charge in [0.2, 0.25) is 21.9 Å². The number of pyridine rings is 1. The van der Waals surface area contributed by atoms with Crippen LogP contribution in [0, 0.1) is 0 Å². The zero-order valence-electron chi connectivity index (χ0n) is 23.2. The quantitative estimate of drug-likeness (QED) is 0.229. The summed E-state index contributed by atoms with van der Waals surface area (Å²) in [7, 11) is -1.24. The van der Waals surface area contributed by atoms with Gasteiger partial charge in [-0.2, -0.15) is 9.97 Å². The van der Waals surface area contributed by atoms with E-state index in [4.69, 9.17) is 4.74 Å². The second-order valence-electron chi connectivity index (χ2n) is 9.87. The predicted octanol–water partition coefficient (Wildman–Crippen LogP) is 3.59. The summed E-state index contributed by atoms with van der Waals surface area (Å²) >= 11 is 3.55. The number of fused-ring (bicyclic) bond motifs is 1. The lowest BCUT2D eigenvalue weighted by Crippen LogP contribution is -2.44. The zero-order chi connectivity index (χ0) is 29.7. The number of nitrogens with one attached hydrogen (secondary N) is 3. The predicted molar refractivity (Wildman–Crippen MR) is 167 cm³/mol. The van der Waals surface area contributed by atoms with Crippen LogP contribution in [0.4, 0.5) is 22.1 Å². The van der Waals surface area contributed by atoms with Crippen LogP contribution >= 0.6 is 15.9 Å². The van der Waals surface area contributed by atoms with Gasteiger partial charge in [-0.15, -0.1) is 0 Å². The number of benzene rings is 2. The highest BCUT2D eigenvalue weighted by molar-refractivity contribution is 9.10. The SMILES string of the molecule is CN1CCN(c2ccc(Nc3ncc4cc(-c5ccccc5Br)c(OC(=O)NCCNS(C)(=O)=O)nc4n3)cc2)CC1. The Morgan fingerprint density at radius 3 is 2.45 bits per heavy atom. The zero-order valence-corrected chi connectivity index (χ0v) is 25.6. The molecule has 220 valence electrons. The van der Waals surface area contributed by atoms with E-state index in [1.807, 2.05) is 42.5 Å². The fourth-order valence-corrected chi connectivity index (χ4v) is 5.40. The van der Waals surface area contributed by atoms with E-state index < -0.39 is 16.1 Å². The fourth-order valence-electron chi connectivity index (χ4n) is 4.43. The Bertz CT molecular complexity index is 1680. The van der Waals surface area contributed by atoms with E-state index in [1.54, 1.807) is 6.20 Å². The first-order valence-electron chi connectivity index (χ1n) is 13.3. The number of piperazine rings is 1. The van der Waals surface area contributed by atoms with Crippen molar-refractivity contribution in [1.82, 2.24) is 29.9 Å². The summed E-state index contributed by atoms with van der Waals surface area (Å²) in [6.07, 6.45) is 1.93. The first-order chi connectivity index (χ1) is 20.1. The Hall–Kier alpha value is -3.85. The highest BCUT2D eigenvalue weighted by atomic mass is 79.9. The number of sulfonamides is 1. The molecule has 1 fully saturated rings. The van der Waals surface area contributed by atoms with Gasteiger partial charge in [0.25, 0.3) is 0 Å². The summed E-state index contributed by atoms with van der Waals surface area (Å²) in [6.45, 7) is 4.11. The largest absolute Gasteiger partial charge is 0.414 e. The molecule has 1 amide bonds. The van der Waals surface area contributed by atoms with Gasteiger partial charge in [-0.05, 0) is 43.4 Å². The monoisotopic (exact) mass is 654 g/mol. The lowest BCUT2D eigenvalue weighted by molar-refractivity contribution is 0.199. The molecule has 3 heterocycles. The molecule has 0 unspecified atom stereocenters. The first-order valence-corrected chi connectivity index (χ1v) is 16.0. The Labute approximate surface area is 252 Å². The van der Waals surface area contributed by atoms with Gasteiger partial charge in [-0.25, -0.2) is 22.9 Å². The fraction of sp³-hybridized carbons (Fsp3) is 0.286. The van der Waals surface area contributed by atoms with E-state index in [2.05, 4.69) is 75.2 Å². The number of carbonyl (C=O) groups excluding carboxylic acids is 1. The van der Waals surface area contributed by atoms with Crippen LogP contribution in [-0.2, 0) is 10.0 Å². The molecule has 4 aromatic rings. The summed E-state index contributed by atoms with van der Waals surface area (Å²) in [5.41, 5.74) is 3.65. The number of anilines is 3. The van der Waals surface area contributed by atoms with E-state index >= 15 is 0 Å². The minimum absolute atomic E-state index is 0.0226. The van der Waals surface area contributed by atoms with Crippen molar-refractivity contribution in [2.24, 2.45) is 0 Å². The van der Waals surface area contributed by atoms with E-state index in [1.165, 1.54) is 5.69 Å². The van der Waals surface area contributed by atoms with E-state index in [9.17, 15) is 13.2 Å². The van der Waals surface area contributed by atoms with Crippen molar-refractivity contribution in [3.63, 3.8) is 0 Å². The number of hydrogen-bond donors (Lipinski definition) is 3. The number of ether oxygens (including phenoxy) is 1. The topological polar surface area (TPSA) is 142 Å². The Kier molecular flexibility index (Phi) is 9.16. The standard InChI is InChI=1S/C28H31BrN8O4S/c1-36-13-15-37(16-14-36)21-9-7-20(8-10-21)33-27-31-18-19-17-23(22-5-3-4-6-24(22)29)26(34-25(19)35-27)41-28(38)30-11-12-32-42(2,39)40/h3-10,17-18,32H,11-16H2,1-2H3,(H,30,38)(H,31,33,34,35). The molecule has 0 atom stereocenters. The van der Waals surface area contributed by atoms with Crippen LogP contribution in [-0.4, -0.2) is 86.9 Å². The Balaban J connectivity index is 1.36. The summed E-state index contributed by atoms with van der Waals surface area (Å²) in [5, 5.41) is 6.41. The maximum absolute atomic E-state index is 12.6. The third-order valence-electron chi connectivity index (χ3n) is 6.64. The second kappa shape index (κ2) is 13.0. The Morgan fingerprint density at radius 1 is 1.00 bits per heavy atom. The highest BCUT2D eigenvalue weighted by Crippen LogP contribution is 2.36. The number of carbonyl (C=O) groups is 1. The average Bonchev–Trinajstić information content (AvgIpc) is 2.96. The van der Waals surface area contributed by atoms with Crippen molar-refractivity contribution < 1.29 is 17.9 Å². The van der Waals surface area contributed by atoms with Crippen LogP contribution in [0.2, 0.25) is 0 Å². The van der Waals surface area contributed by atoms with Crippen LogP contribution in [0.1, 0.15) is 0 Å². The molecule has 2 aromatic carbocycles. The van der Waals surface area contributed by atoms with Gasteiger partial charge in [-0.1, -0.05) is 34.1 Å². The van der Waals surface area contributed by atoms with E-state index in [-0.39, 0.29) is 19.0 Å². The molecule has 2 aromatic heterocycles. The van der Waals surface area contributed by atoms with Gasteiger partial charge in [-0.3, -0.25) is 0 Å². The third-order valence-corrected chi connectivity index (χ3v) is 8.06. The minimum Gasteiger partial charge on any atom is -0.391 e. The van der Waals surface area contributed by atoms with Crippen molar-refractivity contribution in [2.45, 2.75) is 0 Å². The van der Waals surface area contributed by atoms with Crippen molar-refractivity contribution in [3.05, 3.63) is 65.3 Å². The van der Waals surface area contributed by atoms with Crippen LogP contribution < -0.4 is 25.0 Å². The molecule has 0 aliphatic carbocycles. The Morgan fingerprint density at radius 2 is 1.74 bits per heavy atom. The summed E-state index contributed by atoms with van der Waals surface area (Å²) in [5.74, 6) is 0.391. The summed E-state index contributed by atoms with van der Waals surface area (Å²) in [4.78, 5) is 30.9. The van der Waals surface area contributed by atoms with Gasteiger partial charge >= 0.3 is 6.09 Å². The lowest BCUT2D eigenvalue weighted by Gasteiger charge is -2.34. The number of amides is 1. The second-order valence-corrected chi connectivity index (χ2v) is 12.6. The van der Waals surface area contributed by atoms with Crippen LogP contribution in [0.3, 0.4) is 0 Å². The maximum Gasteiger partial charge on any atom is 0.414 e. The molecule has 14 heteroatoms.